The van der Waals surface area contributed by atoms with E-state index in [1.54, 1.807) is 11.3 Å². The van der Waals surface area contributed by atoms with E-state index in [1.165, 1.54) is 20.8 Å². The summed E-state index contributed by atoms with van der Waals surface area (Å²) in [6.07, 6.45) is 0.918. The van der Waals surface area contributed by atoms with Crippen LogP contribution in [0.1, 0.15) is 21.0 Å². The molecule has 1 unspecified atom stereocenters. The maximum atomic E-state index is 4.70. The summed E-state index contributed by atoms with van der Waals surface area (Å²) < 4.78 is 2.38. The number of aryl methyl sites for hydroxylation is 1. The Morgan fingerprint density at radius 1 is 1.20 bits per heavy atom. The highest BCUT2D eigenvalue weighted by atomic mass is 79.9. The third-order valence-electron chi connectivity index (χ3n) is 3.26. The van der Waals surface area contributed by atoms with E-state index >= 15 is 0 Å². The number of fused-ring (bicyclic) bond motifs is 1. The van der Waals surface area contributed by atoms with Gasteiger partial charge in [-0.05, 0) is 42.3 Å². The molecule has 1 atom stereocenters. The minimum absolute atomic E-state index is 0.302. The fraction of sp³-hybridized carbons (Fsp3) is 0.188. The zero-order valence-electron chi connectivity index (χ0n) is 10.9. The number of hydrogen-bond acceptors (Lipinski definition) is 2. The number of benzene rings is 2. The number of nitrogens with zero attached hydrogens (tertiary/aromatic N) is 1. The van der Waals surface area contributed by atoms with Gasteiger partial charge in [0.1, 0.15) is 0 Å². The maximum Gasteiger partial charge on any atom is 0.0953 e. The summed E-state index contributed by atoms with van der Waals surface area (Å²) in [5, 5.41) is 1.18. The van der Waals surface area contributed by atoms with E-state index in [4.69, 9.17) is 4.98 Å². The Bertz CT molecular complexity index is 718. The van der Waals surface area contributed by atoms with Crippen molar-refractivity contribution in [2.24, 2.45) is 0 Å². The van der Waals surface area contributed by atoms with E-state index in [9.17, 15) is 0 Å². The fourth-order valence-corrected chi connectivity index (χ4v) is 4.78. The van der Waals surface area contributed by atoms with Crippen molar-refractivity contribution in [3.8, 4) is 0 Å². The Morgan fingerprint density at radius 2 is 2.00 bits per heavy atom. The average Bonchev–Trinajstić information content (AvgIpc) is 2.80. The van der Waals surface area contributed by atoms with Crippen molar-refractivity contribution in [3.63, 3.8) is 0 Å². The first-order chi connectivity index (χ1) is 9.63. The molecule has 1 nitrogen and oxygen atoms in total. The van der Waals surface area contributed by atoms with Crippen molar-refractivity contribution in [3.05, 3.63) is 63.1 Å². The lowest BCUT2D eigenvalue weighted by Gasteiger charge is -2.12. The van der Waals surface area contributed by atoms with Crippen LogP contribution in [-0.2, 0) is 6.42 Å². The maximum absolute atomic E-state index is 4.70. The van der Waals surface area contributed by atoms with Crippen molar-refractivity contribution in [2.75, 3.05) is 0 Å². The first-order valence-electron chi connectivity index (χ1n) is 6.38. The topological polar surface area (TPSA) is 12.9 Å². The van der Waals surface area contributed by atoms with Gasteiger partial charge >= 0.3 is 0 Å². The molecule has 0 spiro atoms. The summed E-state index contributed by atoms with van der Waals surface area (Å²) in [5.74, 6) is 0. The van der Waals surface area contributed by atoms with Crippen LogP contribution in [0.4, 0.5) is 0 Å². The van der Waals surface area contributed by atoms with Crippen molar-refractivity contribution in [2.45, 2.75) is 18.2 Å². The highest BCUT2D eigenvalue weighted by molar-refractivity contribution is 9.10. The van der Waals surface area contributed by atoms with E-state index in [0.717, 1.165) is 16.4 Å². The molecule has 4 heteroatoms. The molecule has 102 valence electrons. The molecular formula is C16H13Br2NS. The van der Waals surface area contributed by atoms with Gasteiger partial charge in [0.05, 0.1) is 15.2 Å². The van der Waals surface area contributed by atoms with E-state index < -0.39 is 0 Å². The molecule has 0 aliphatic carbocycles. The van der Waals surface area contributed by atoms with Crippen molar-refractivity contribution in [1.82, 2.24) is 4.98 Å². The molecule has 2 aromatic carbocycles. The standard InChI is InChI=1S/C16H13Br2NS/c1-10-8-11(17)6-7-12(10)13(18)9-16-19-14-4-2-3-5-15(14)20-16/h2-8,13H,9H2,1H3. The van der Waals surface area contributed by atoms with Gasteiger partial charge in [-0.3, -0.25) is 0 Å². The van der Waals surface area contributed by atoms with Crippen molar-refractivity contribution in [1.29, 1.82) is 0 Å². The van der Waals surface area contributed by atoms with Crippen LogP contribution in [0.15, 0.2) is 46.9 Å². The minimum Gasteiger partial charge on any atom is -0.241 e. The molecular weight excluding hydrogens is 398 g/mol. The van der Waals surface area contributed by atoms with Gasteiger partial charge in [0.15, 0.2) is 0 Å². The van der Waals surface area contributed by atoms with E-state index in [1.807, 2.05) is 6.07 Å². The van der Waals surface area contributed by atoms with Gasteiger partial charge in [-0.25, -0.2) is 4.98 Å². The summed E-state index contributed by atoms with van der Waals surface area (Å²) in [7, 11) is 0. The van der Waals surface area contributed by atoms with Gasteiger partial charge < -0.3 is 0 Å². The van der Waals surface area contributed by atoms with Gasteiger partial charge in [-0.2, -0.15) is 0 Å². The predicted molar refractivity (Wildman–Crippen MR) is 93.9 cm³/mol. The highest BCUT2D eigenvalue weighted by Gasteiger charge is 2.14. The molecule has 0 fully saturated rings. The smallest absolute Gasteiger partial charge is 0.0953 e. The monoisotopic (exact) mass is 409 g/mol. The van der Waals surface area contributed by atoms with Gasteiger partial charge in [0, 0.05) is 15.7 Å². The number of para-hydroxylation sites is 1. The first kappa shape index (κ1) is 14.2. The number of hydrogen-bond donors (Lipinski definition) is 0. The zero-order valence-corrected chi connectivity index (χ0v) is 14.9. The summed E-state index contributed by atoms with van der Waals surface area (Å²) in [5.41, 5.74) is 3.72. The molecule has 0 saturated heterocycles. The molecule has 1 heterocycles. The minimum atomic E-state index is 0.302. The molecule has 0 N–H and O–H groups in total. The summed E-state index contributed by atoms with van der Waals surface area (Å²) in [4.78, 5) is 5.01. The number of thiazole rings is 1. The van der Waals surface area contributed by atoms with Crippen LogP contribution in [0.25, 0.3) is 10.2 Å². The largest absolute Gasteiger partial charge is 0.241 e. The third kappa shape index (κ3) is 2.97. The second-order valence-corrected chi connectivity index (χ2v) is 7.88. The van der Waals surface area contributed by atoms with Crippen molar-refractivity contribution >= 4 is 53.4 Å². The summed E-state index contributed by atoms with van der Waals surface area (Å²) in [6.45, 7) is 2.15. The van der Waals surface area contributed by atoms with Crippen LogP contribution in [0, 0.1) is 6.92 Å². The number of aromatic nitrogens is 1. The second kappa shape index (κ2) is 5.96. The van der Waals surface area contributed by atoms with E-state index in [-0.39, 0.29) is 0 Å². The Labute approximate surface area is 139 Å². The Hall–Kier alpha value is -0.710. The number of halogens is 2. The molecule has 1 aromatic heterocycles. The molecule has 20 heavy (non-hydrogen) atoms. The van der Waals surface area contributed by atoms with Crippen LogP contribution in [0.5, 0.6) is 0 Å². The number of alkyl halides is 1. The molecule has 0 saturated carbocycles. The Balaban J connectivity index is 1.86. The van der Waals surface area contributed by atoms with Gasteiger partial charge in [-0.15, -0.1) is 11.3 Å². The molecule has 0 bridgehead atoms. The lowest BCUT2D eigenvalue weighted by atomic mass is 10.0. The van der Waals surface area contributed by atoms with Gasteiger partial charge in [0.2, 0.25) is 0 Å². The Kier molecular flexibility index (Phi) is 4.24. The van der Waals surface area contributed by atoms with E-state index in [0.29, 0.717) is 4.83 Å². The second-order valence-electron chi connectivity index (χ2n) is 4.75. The highest BCUT2D eigenvalue weighted by Crippen LogP contribution is 2.33. The molecule has 0 amide bonds. The summed E-state index contributed by atoms with van der Waals surface area (Å²) >= 11 is 9.10. The molecule has 0 radical (unpaired) electrons. The average molecular weight is 411 g/mol. The van der Waals surface area contributed by atoms with Crippen LogP contribution in [0.2, 0.25) is 0 Å². The van der Waals surface area contributed by atoms with Gasteiger partial charge in [0.25, 0.3) is 0 Å². The fourth-order valence-electron chi connectivity index (χ4n) is 2.26. The van der Waals surface area contributed by atoms with Crippen molar-refractivity contribution < 1.29 is 0 Å². The lowest BCUT2D eigenvalue weighted by Crippen LogP contribution is -1.97. The zero-order chi connectivity index (χ0) is 14.1. The van der Waals surface area contributed by atoms with Gasteiger partial charge in [-0.1, -0.05) is 50.1 Å². The molecule has 3 aromatic rings. The lowest BCUT2D eigenvalue weighted by molar-refractivity contribution is 0.928. The van der Waals surface area contributed by atoms with Crippen LogP contribution in [0.3, 0.4) is 0 Å². The van der Waals surface area contributed by atoms with Crippen LogP contribution < -0.4 is 0 Å². The Morgan fingerprint density at radius 3 is 2.75 bits per heavy atom. The first-order valence-corrected chi connectivity index (χ1v) is 8.90. The third-order valence-corrected chi connectivity index (χ3v) is 5.63. The quantitative estimate of drug-likeness (QED) is 0.479. The molecule has 3 rings (SSSR count). The SMILES string of the molecule is Cc1cc(Br)ccc1C(Br)Cc1nc2ccccc2s1. The summed E-state index contributed by atoms with van der Waals surface area (Å²) in [6, 6.07) is 14.7. The normalized spacial score (nSPS) is 12.8. The predicted octanol–water partition coefficient (Wildman–Crippen LogP) is 6.05. The molecule has 0 aliphatic rings. The number of rotatable bonds is 3. The van der Waals surface area contributed by atoms with Crippen LogP contribution >= 0.6 is 43.2 Å². The molecule has 0 aliphatic heterocycles. The van der Waals surface area contributed by atoms with Crippen LogP contribution in [-0.4, -0.2) is 4.98 Å². The van der Waals surface area contributed by atoms with E-state index in [2.05, 4.69) is 75.2 Å².